The molecule has 1 aromatic carbocycles. The predicted octanol–water partition coefficient (Wildman–Crippen LogP) is 1.68. The first-order valence-corrected chi connectivity index (χ1v) is 7.79. The lowest BCUT2D eigenvalue weighted by Crippen LogP contribution is -2.47. The molecule has 1 aliphatic rings. The minimum Gasteiger partial charge on any atom is -0.346 e. The molecule has 1 aliphatic heterocycles. The molecule has 2 rings (SSSR count). The molecule has 11 heteroatoms. The van der Waals surface area contributed by atoms with Crippen molar-refractivity contribution in [1.29, 1.82) is 0 Å². The molecule has 0 radical (unpaired) electrons. The minimum atomic E-state index is -4.51. The summed E-state index contributed by atoms with van der Waals surface area (Å²) in [5.41, 5.74) is -0.262. The number of anilines is 1. The second-order valence-corrected chi connectivity index (χ2v) is 5.78. The number of nitro benzene ring substituents is 1. The summed E-state index contributed by atoms with van der Waals surface area (Å²) in [7, 11) is 0. The van der Waals surface area contributed by atoms with E-state index in [0.717, 1.165) is 0 Å². The van der Waals surface area contributed by atoms with Crippen molar-refractivity contribution in [3.8, 4) is 0 Å². The molecule has 0 bridgehead atoms. The molecule has 2 N–H and O–H groups in total. The van der Waals surface area contributed by atoms with Crippen molar-refractivity contribution in [1.82, 2.24) is 10.2 Å². The molecule has 8 nitrogen and oxygen atoms in total. The van der Waals surface area contributed by atoms with E-state index in [1.54, 1.807) is 0 Å². The number of para-hydroxylation sites is 2. The van der Waals surface area contributed by atoms with E-state index in [0.29, 0.717) is 19.4 Å². The lowest BCUT2D eigenvalue weighted by Gasteiger charge is -2.23. The molecule has 2 amide bonds. The van der Waals surface area contributed by atoms with Gasteiger partial charge in [-0.2, -0.15) is 13.2 Å². The van der Waals surface area contributed by atoms with Crippen molar-refractivity contribution < 1.29 is 27.7 Å². The first-order valence-electron chi connectivity index (χ1n) is 7.79. The summed E-state index contributed by atoms with van der Waals surface area (Å²) in [5.74, 6) is -1.38. The van der Waals surface area contributed by atoms with Crippen LogP contribution in [0.15, 0.2) is 24.3 Å². The van der Waals surface area contributed by atoms with E-state index in [1.807, 2.05) is 5.32 Å². The highest BCUT2D eigenvalue weighted by molar-refractivity contribution is 5.95. The Morgan fingerprint density at radius 3 is 2.65 bits per heavy atom. The number of halogens is 3. The van der Waals surface area contributed by atoms with Gasteiger partial charge < -0.3 is 10.6 Å². The van der Waals surface area contributed by atoms with Crippen LogP contribution >= 0.6 is 0 Å². The molecular weight excluding hydrogens is 357 g/mol. The van der Waals surface area contributed by atoms with Crippen molar-refractivity contribution in [2.45, 2.75) is 25.1 Å². The van der Waals surface area contributed by atoms with Gasteiger partial charge in [-0.25, -0.2) is 0 Å². The lowest BCUT2D eigenvalue weighted by atomic mass is 10.2. The van der Waals surface area contributed by atoms with Gasteiger partial charge in [0.15, 0.2) is 0 Å². The Labute approximate surface area is 146 Å². The summed E-state index contributed by atoms with van der Waals surface area (Å²) in [4.78, 5) is 35.8. The van der Waals surface area contributed by atoms with Gasteiger partial charge in [0.1, 0.15) is 12.2 Å². The molecule has 142 valence electrons. The summed E-state index contributed by atoms with van der Waals surface area (Å²) >= 11 is 0. The summed E-state index contributed by atoms with van der Waals surface area (Å²) in [6.07, 6.45) is -3.62. The Hall–Kier alpha value is -2.69. The van der Waals surface area contributed by atoms with Gasteiger partial charge >= 0.3 is 6.18 Å². The molecule has 1 saturated heterocycles. The number of nitrogens with one attached hydrogen (secondary N) is 2. The maximum atomic E-state index is 12.2. The molecular formula is C15H17F3N4O4. The number of carbonyl (C=O) groups excluding carboxylic acids is 2. The van der Waals surface area contributed by atoms with Crippen molar-refractivity contribution >= 4 is 23.2 Å². The fraction of sp³-hybridized carbons (Fsp3) is 0.467. The number of nitro groups is 1. The SMILES string of the molecule is O=C(CN1CCC[C@H]1C(=O)NCC(F)(F)F)Nc1ccccc1[N+](=O)[O-]. The van der Waals surface area contributed by atoms with Crippen LogP contribution in [0, 0.1) is 10.1 Å². The third kappa shape index (κ3) is 5.41. The fourth-order valence-corrected chi connectivity index (χ4v) is 2.73. The smallest absolute Gasteiger partial charge is 0.346 e. The van der Waals surface area contributed by atoms with Crippen LogP contribution in [0.3, 0.4) is 0 Å². The monoisotopic (exact) mass is 374 g/mol. The molecule has 1 aromatic rings. The van der Waals surface area contributed by atoms with E-state index in [1.165, 1.54) is 29.2 Å². The number of nitrogens with zero attached hydrogens (tertiary/aromatic N) is 2. The first-order chi connectivity index (χ1) is 12.2. The van der Waals surface area contributed by atoms with Gasteiger partial charge in [-0.3, -0.25) is 24.6 Å². The average molecular weight is 374 g/mol. The van der Waals surface area contributed by atoms with Gasteiger partial charge in [0, 0.05) is 6.07 Å². The number of carbonyl (C=O) groups is 2. The number of amides is 2. The maximum absolute atomic E-state index is 12.2. The molecule has 1 fully saturated rings. The average Bonchev–Trinajstić information content (AvgIpc) is 3.00. The summed E-state index contributed by atoms with van der Waals surface area (Å²) in [6.45, 7) is -1.32. The van der Waals surface area contributed by atoms with Gasteiger partial charge in [0.05, 0.1) is 17.5 Å². The van der Waals surface area contributed by atoms with Crippen LogP contribution < -0.4 is 10.6 Å². The number of alkyl halides is 3. The van der Waals surface area contributed by atoms with Gasteiger partial charge in [-0.05, 0) is 25.5 Å². The van der Waals surface area contributed by atoms with Gasteiger partial charge in [0.2, 0.25) is 11.8 Å². The van der Waals surface area contributed by atoms with Crippen LogP contribution in [0.4, 0.5) is 24.5 Å². The zero-order chi connectivity index (χ0) is 19.3. The Balaban J connectivity index is 1.95. The van der Waals surface area contributed by atoms with E-state index < -0.39 is 35.5 Å². The zero-order valence-electron chi connectivity index (χ0n) is 13.6. The number of benzene rings is 1. The molecule has 0 aromatic heterocycles. The number of rotatable bonds is 6. The third-order valence-corrected chi connectivity index (χ3v) is 3.85. The highest BCUT2D eigenvalue weighted by Gasteiger charge is 2.35. The Kier molecular flexibility index (Phi) is 6.14. The van der Waals surface area contributed by atoms with Crippen LogP contribution in [0.25, 0.3) is 0 Å². The Morgan fingerprint density at radius 1 is 1.31 bits per heavy atom. The molecule has 0 unspecified atom stereocenters. The molecule has 26 heavy (non-hydrogen) atoms. The van der Waals surface area contributed by atoms with Gasteiger partial charge in [0.25, 0.3) is 5.69 Å². The number of hydrogen-bond donors (Lipinski definition) is 2. The second kappa shape index (κ2) is 8.13. The van der Waals surface area contributed by atoms with Crippen LogP contribution in [0.2, 0.25) is 0 Å². The van der Waals surface area contributed by atoms with Gasteiger partial charge in [-0.15, -0.1) is 0 Å². The quantitative estimate of drug-likeness (QED) is 0.582. The van der Waals surface area contributed by atoms with Crippen LogP contribution in [0.1, 0.15) is 12.8 Å². The Bertz CT molecular complexity index is 696. The molecule has 0 spiro atoms. The van der Waals surface area contributed by atoms with Crippen LogP contribution in [0.5, 0.6) is 0 Å². The number of hydrogen-bond acceptors (Lipinski definition) is 5. The lowest BCUT2D eigenvalue weighted by molar-refractivity contribution is -0.383. The van der Waals surface area contributed by atoms with E-state index in [9.17, 15) is 32.9 Å². The van der Waals surface area contributed by atoms with Crippen LogP contribution in [-0.2, 0) is 9.59 Å². The summed E-state index contributed by atoms with van der Waals surface area (Å²) in [5, 5.41) is 15.2. The summed E-state index contributed by atoms with van der Waals surface area (Å²) in [6, 6.07) is 4.74. The largest absolute Gasteiger partial charge is 0.405 e. The number of likely N-dealkylation sites (tertiary alicyclic amines) is 1. The molecule has 0 aliphatic carbocycles. The maximum Gasteiger partial charge on any atom is 0.405 e. The Morgan fingerprint density at radius 2 is 2.00 bits per heavy atom. The van der Waals surface area contributed by atoms with Gasteiger partial charge in [-0.1, -0.05) is 12.1 Å². The van der Waals surface area contributed by atoms with E-state index in [4.69, 9.17) is 0 Å². The highest BCUT2D eigenvalue weighted by Crippen LogP contribution is 2.24. The highest BCUT2D eigenvalue weighted by atomic mass is 19.4. The molecule has 0 saturated carbocycles. The molecule has 1 heterocycles. The van der Waals surface area contributed by atoms with Crippen molar-refractivity contribution in [3.05, 3.63) is 34.4 Å². The second-order valence-electron chi connectivity index (χ2n) is 5.78. The normalized spacial score (nSPS) is 17.7. The summed E-state index contributed by atoms with van der Waals surface area (Å²) < 4.78 is 36.6. The van der Waals surface area contributed by atoms with Crippen LogP contribution in [-0.4, -0.2) is 53.5 Å². The van der Waals surface area contributed by atoms with Crippen molar-refractivity contribution in [2.75, 3.05) is 25.0 Å². The van der Waals surface area contributed by atoms with Crippen molar-refractivity contribution in [3.63, 3.8) is 0 Å². The zero-order valence-corrected chi connectivity index (χ0v) is 13.6. The standard InChI is InChI=1S/C15H17F3N4O4/c16-15(17,18)9-19-14(24)12-6-3-7-21(12)8-13(23)20-10-4-1-2-5-11(10)22(25)26/h1-2,4-5,12H,3,6-9H2,(H,19,24)(H,20,23)/t12-/m0/s1. The van der Waals surface area contributed by atoms with E-state index in [2.05, 4.69) is 5.32 Å². The fourth-order valence-electron chi connectivity index (χ4n) is 2.73. The topological polar surface area (TPSA) is 105 Å². The van der Waals surface area contributed by atoms with Crippen molar-refractivity contribution in [2.24, 2.45) is 0 Å². The third-order valence-electron chi connectivity index (χ3n) is 3.85. The van der Waals surface area contributed by atoms with E-state index >= 15 is 0 Å². The molecule has 1 atom stereocenters. The minimum absolute atomic E-state index is 0.0137. The first kappa shape index (κ1) is 19.6. The van der Waals surface area contributed by atoms with E-state index in [-0.39, 0.29) is 17.9 Å². The predicted molar refractivity (Wildman–Crippen MR) is 85.4 cm³/mol.